The van der Waals surface area contributed by atoms with Gasteiger partial charge in [-0.2, -0.15) is 0 Å². The monoisotopic (exact) mass is 397 g/mol. The highest BCUT2D eigenvalue weighted by Gasteiger charge is 2.41. The molecule has 1 saturated carbocycles. The predicted octanol–water partition coefficient (Wildman–Crippen LogP) is 2.44. The second kappa shape index (κ2) is 7.51. The van der Waals surface area contributed by atoms with Crippen LogP contribution in [0.2, 0.25) is 0 Å². The molecule has 0 spiro atoms. The molecule has 1 aliphatic rings. The first kappa shape index (κ1) is 18.3. The van der Waals surface area contributed by atoms with Crippen molar-refractivity contribution in [2.45, 2.75) is 24.6 Å². The van der Waals surface area contributed by atoms with Crippen LogP contribution in [-0.2, 0) is 16.6 Å². The predicted molar refractivity (Wildman–Crippen MR) is 104 cm³/mol. The van der Waals surface area contributed by atoms with Crippen LogP contribution in [-0.4, -0.2) is 40.7 Å². The van der Waals surface area contributed by atoms with E-state index in [-0.39, 0.29) is 17.7 Å². The van der Waals surface area contributed by atoms with Crippen molar-refractivity contribution in [2.75, 3.05) is 11.4 Å². The van der Waals surface area contributed by atoms with E-state index in [1.54, 1.807) is 43.9 Å². The van der Waals surface area contributed by atoms with Gasteiger partial charge >= 0.3 is 0 Å². The van der Waals surface area contributed by atoms with Crippen molar-refractivity contribution in [3.8, 4) is 17.1 Å². The molecule has 1 fully saturated rings. The molecule has 0 bridgehead atoms. The van der Waals surface area contributed by atoms with Crippen LogP contribution in [0, 0.1) is 0 Å². The maximum Gasteiger partial charge on any atom is 0.240 e. The van der Waals surface area contributed by atoms with Gasteiger partial charge in [-0.1, -0.05) is 12.1 Å². The summed E-state index contributed by atoms with van der Waals surface area (Å²) in [7, 11) is -1.96. The second-order valence-electron chi connectivity index (χ2n) is 6.43. The molecule has 0 radical (unpaired) electrons. The molecule has 0 N–H and O–H groups in total. The number of methoxy groups -OCH3 is 1. The summed E-state index contributed by atoms with van der Waals surface area (Å²) in [5.41, 5.74) is 1.89. The molecule has 1 aromatic carbocycles. The smallest absolute Gasteiger partial charge is 0.240 e. The van der Waals surface area contributed by atoms with Crippen LogP contribution in [0.25, 0.3) is 11.4 Å². The minimum atomic E-state index is -3.55. The third kappa shape index (κ3) is 3.79. The first-order valence-electron chi connectivity index (χ1n) is 8.82. The number of aromatic nitrogens is 4. The molecule has 0 amide bonds. The summed E-state index contributed by atoms with van der Waals surface area (Å²) in [6.07, 6.45) is 7.56. The van der Waals surface area contributed by atoms with E-state index in [2.05, 4.69) is 19.9 Å². The summed E-state index contributed by atoms with van der Waals surface area (Å²) in [6.45, 7) is 0.146. The fourth-order valence-electron chi connectivity index (χ4n) is 2.76. The van der Waals surface area contributed by atoms with Crippen molar-refractivity contribution in [2.24, 2.45) is 0 Å². The molecule has 0 atom stereocenters. The molecular formula is C19H19N5O3S. The summed E-state index contributed by atoms with van der Waals surface area (Å²) in [4.78, 5) is 17.0. The van der Waals surface area contributed by atoms with Gasteiger partial charge in [0.25, 0.3) is 0 Å². The highest BCUT2D eigenvalue weighted by molar-refractivity contribution is 7.93. The van der Waals surface area contributed by atoms with E-state index in [9.17, 15) is 8.42 Å². The van der Waals surface area contributed by atoms with E-state index in [1.807, 2.05) is 12.1 Å². The van der Waals surface area contributed by atoms with Crippen LogP contribution >= 0.6 is 0 Å². The maximum atomic E-state index is 13.1. The number of nitrogens with zero attached hydrogens (tertiary/aromatic N) is 5. The average Bonchev–Trinajstić information content (AvgIpc) is 3.59. The number of benzene rings is 1. The summed E-state index contributed by atoms with van der Waals surface area (Å²) >= 11 is 0. The van der Waals surface area contributed by atoms with Crippen molar-refractivity contribution >= 4 is 16.0 Å². The van der Waals surface area contributed by atoms with Gasteiger partial charge in [-0.05, 0) is 36.6 Å². The van der Waals surface area contributed by atoms with Gasteiger partial charge in [-0.15, -0.1) is 0 Å². The molecule has 8 nitrogen and oxygen atoms in total. The summed E-state index contributed by atoms with van der Waals surface area (Å²) < 4.78 is 32.6. The van der Waals surface area contributed by atoms with E-state index >= 15 is 0 Å². The number of hydrogen-bond donors (Lipinski definition) is 0. The Morgan fingerprint density at radius 3 is 2.46 bits per heavy atom. The number of hydrogen-bond acceptors (Lipinski definition) is 7. The Morgan fingerprint density at radius 2 is 1.82 bits per heavy atom. The minimum Gasteiger partial charge on any atom is -0.497 e. The second-order valence-corrected chi connectivity index (χ2v) is 8.57. The summed E-state index contributed by atoms with van der Waals surface area (Å²) in [5, 5.41) is -0.380. The summed E-state index contributed by atoms with van der Waals surface area (Å²) in [6, 6.07) is 8.95. The van der Waals surface area contributed by atoms with E-state index < -0.39 is 10.0 Å². The SMILES string of the molecule is COc1ccc(CN(c2nccc(-c3cnccn3)n2)S(=O)(=O)C2CC2)cc1. The lowest BCUT2D eigenvalue weighted by Gasteiger charge is -2.23. The standard InChI is InChI=1S/C19H19N5O3S/c1-27-15-4-2-14(3-5-15)13-24(28(25,26)16-6-7-16)19-22-9-8-17(23-19)18-12-20-10-11-21-18/h2-5,8-12,16H,6-7,13H2,1H3. The Kier molecular flexibility index (Phi) is 4.91. The molecule has 3 aromatic rings. The molecule has 2 heterocycles. The van der Waals surface area contributed by atoms with Gasteiger partial charge in [0.2, 0.25) is 16.0 Å². The Bertz CT molecular complexity index is 1050. The zero-order valence-electron chi connectivity index (χ0n) is 15.3. The molecule has 0 aliphatic heterocycles. The largest absolute Gasteiger partial charge is 0.497 e. The lowest BCUT2D eigenvalue weighted by atomic mass is 10.2. The van der Waals surface area contributed by atoms with Crippen molar-refractivity contribution in [1.82, 2.24) is 19.9 Å². The first-order valence-corrected chi connectivity index (χ1v) is 10.3. The van der Waals surface area contributed by atoms with Gasteiger partial charge in [0.1, 0.15) is 11.4 Å². The first-order chi connectivity index (χ1) is 13.6. The molecule has 2 aromatic heterocycles. The van der Waals surface area contributed by atoms with Crippen LogP contribution in [0.1, 0.15) is 18.4 Å². The number of anilines is 1. The van der Waals surface area contributed by atoms with Gasteiger partial charge in [0.15, 0.2) is 0 Å². The van der Waals surface area contributed by atoms with Gasteiger partial charge < -0.3 is 4.74 Å². The highest BCUT2D eigenvalue weighted by Crippen LogP contribution is 2.34. The third-order valence-corrected chi connectivity index (χ3v) is 6.65. The fourth-order valence-corrected chi connectivity index (χ4v) is 4.50. The van der Waals surface area contributed by atoms with Gasteiger partial charge in [0, 0.05) is 18.6 Å². The molecule has 0 unspecified atom stereocenters. The Morgan fingerprint density at radius 1 is 1.04 bits per heavy atom. The molecule has 1 aliphatic carbocycles. The lowest BCUT2D eigenvalue weighted by molar-refractivity contribution is 0.414. The topological polar surface area (TPSA) is 98.2 Å². The van der Waals surface area contributed by atoms with Crippen molar-refractivity contribution < 1.29 is 13.2 Å². The van der Waals surface area contributed by atoms with Crippen LogP contribution in [0.4, 0.5) is 5.95 Å². The molecule has 4 rings (SSSR count). The summed E-state index contributed by atoms with van der Waals surface area (Å²) in [5.74, 6) is 0.840. The normalized spacial score (nSPS) is 13.9. The zero-order chi connectivity index (χ0) is 19.6. The minimum absolute atomic E-state index is 0.130. The van der Waals surface area contributed by atoms with E-state index in [0.717, 1.165) is 5.56 Å². The number of sulfonamides is 1. The Hall–Kier alpha value is -3.07. The maximum absolute atomic E-state index is 13.1. The van der Waals surface area contributed by atoms with Crippen LogP contribution in [0.5, 0.6) is 5.75 Å². The van der Waals surface area contributed by atoms with E-state index in [0.29, 0.717) is 30.0 Å². The fraction of sp³-hybridized carbons (Fsp3) is 0.263. The molecule has 144 valence electrons. The Labute approximate surface area is 163 Å². The zero-order valence-corrected chi connectivity index (χ0v) is 16.1. The molecular weight excluding hydrogens is 378 g/mol. The van der Waals surface area contributed by atoms with E-state index in [1.165, 1.54) is 10.5 Å². The van der Waals surface area contributed by atoms with Gasteiger partial charge in [0.05, 0.1) is 30.8 Å². The molecule has 0 saturated heterocycles. The van der Waals surface area contributed by atoms with Crippen molar-refractivity contribution in [3.05, 3.63) is 60.7 Å². The average molecular weight is 397 g/mol. The van der Waals surface area contributed by atoms with Gasteiger partial charge in [-0.25, -0.2) is 22.7 Å². The number of rotatable bonds is 7. The van der Waals surface area contributed by atoms with Crippen LogP contribution in [0.15, 0.2) is 55.1 Å². The Balaban J connectivity index is 1.71. The third-order valence-electron chi connectivity index (χ3n) is 4.43. The molecule has 9 heteroatoms. The van der Waals surface area contributed by atoms with Crippen molar-refractivity contribution in [3.63, 3.8) is 0 Å². The molecule has 28 heavy (non-hydrogen) atoms. The van der Waals surface area contributed by atoms with Gasteiger partial charge in [-0.3, -0.25) is 9.97 Å². The van der Waals surface area contributed by atoms with Crippen LogP contribution in [0.3, 0.4) is 0 Å². The van der Waals surface area contributed by atoms with Crippen LogP contribution < -0.4 is 9.04 Å². The highest BCUT2D eigenvalue weighted by atomic mass is 32.2. The van der Waals surface area contributed by atoms with E-state index in [4.69, 9.17) is 4.74 Å². The quantitative estimate of drug-likeness (QED) is 0.604. The number of ether oxygens (including phenoxy) is 1. The lowest BCUT2D eigenvalue weighted by Crippen LogP contribution is -2.34. The van der Waals surface area contributed by atoms with Crippen molar-refractivity contribution in [1.29, 1.82) is 0 Å².